The van der Waals surface area contributed by atoms with E-state index in [1.807, 2.05) is 0 Å². The highest BCUT2D eigenvalue weighted by Crippen LogP contribution is 2.16. The van der Waals surface area contributed by atoms with E-state index in [4.69, 9.17) is 14.2 Å². The van der Waals surface area contributed by atoms with Gasteiger partial charge in [0.15, 0.2) is 6.10 Å². The zero-order valence-corrected chi connectivity index (χ0v) is 34.6. The molecule has 0 saturated carbocycles. The SMILES string of the molecule is CCCCCCCCCCCCCCCCC(=O)OC[C@H](COC(=O)CCCCCCCCCCC)OC(=O)CCCCCCCCC(C)CC. The summed E-state index contributed by atoms with van der Waals surface area (Å²) in [5.74, 6) is -0.0505. The van der Waals surface area contributed by atoms with E-state index in [2.05, 4.69) is 27.7 Å². The number of carbonyl (C=O) groups excluding carboxylic acids is 3. The molecule has 0 amide bonds. The van der Waals surface area contributed by atoms with Crippen molar-refractivity contribution in [2.75, 3.05) is 13.2 Å². The second-order valence-electron chi connectivity index (χ2n) is 15.6. The van der Waals surface area contributed by atoms with Crippen LogP contribution < -0.4 is 0 Å². The van der Waals surface area contributed by atoms with E-state index in [1.165, 1.54) is 141 Å². The standard InChI is InChI=1S/C45H86O6/c1-5-8-10-12-14-16-17-18-19-20-22-24-29-33-37-44(47)50-40-42(39-49-43(46)36-32-28-23-21-15-13-11-9-6-2)51-45(48)38-34-30-26-25-27-31-35-41(4)7-3/h41-42H,5-40H2,1-4H3/t41?,42-/m0/s1. The van der Waals surface area contributed by atoms with Crippen LogP contribution in [0.3, 0.4) is 0 Å². The fourth-order valence-corrected chi connectivity index (χ4v) is 6.59. The molecule has 0 radical (unpaired) electrons. The van der Waals surface area contributed by atoms with Crippen LogP contribution in [0.25, 0.3) is 0 Å². The van der Waals surface area contributed by atoms with Crippen LogP contribution in [0.5, 0.6) is 0 Å². The van der Waals surface area contributed by atoms with E-state index in [0.29, 0.717) is 19.3 Å². The number of ether oxygens (including phenoxy) is 3. The van der Waals surface area contributed by atoms with Crippen LogP contribution in [0, 0.1) is 5.92 Å². The second kappa shape index (κ2) is 39.6. The Hall–Kier alpha value is -1.59. The van der Waals surface area contributed by atoms with Crippen molar-refractivity contribution in [1.29, 1.82) is 0 Å². The highest BCUT2D eigenvalue weighted by atomic mass is 16.6. The second-order valence-corrected chi connectivity index (χ2v) is 15.6. The van der Waals surface area contributed by atoms with Crippen LogP contribution in [0.15, 0.2) is 0 Å². The average Bonchev–Trinajstić information content (AvgIpc) is 3.13. The smallest absolute Gasteiger partial charge is 0.306 e. The van der Waals surface area contributed by atoms with E-state index >= 15 is 0 Å². The van der Waals surface area contributed by atoms with Gasteiger partial charge in [0.05, 0.1) is 0 Å². The van der Waals surface area contributed by atoms with Gasteiger partial charge in [0.25, 0.3) is 0 Å². The minimum atomic E-state index is -0.759. The third kappa shape index (κ3) is 38.0. The van der Waals surface area contributed by atoms with Gasteiger partial charge in [-0.15, -0.1) is 0 Å². The fourth-order valence-electron chi connectivity index (χ4n) is 6.59. The average molecular weight is 723 g/mol. The summed E-state index contributed by atoms with van der Waals surface area (Å²) in [6.45, 7) is 8.94. The fraction of sp³-hybridized carbons (Fsp3) is 0.933. The van der Waals surface area contributed by atoms with Crippen molar-refractivity contribution in [1.82, 2.24) is 0 Å². The topological polar surface area (TPSA) is 78.9 Å². The maximum Gasteiger partial charge on any atom is 0.306 e. The Morgan fingerprint density at radius 3 is 1.02 bits per heavy atom. The van der Waals surface area contributed by atoms with Gasteiger partial charge < -0.3 is 14.2 Å². The minimum Gasteiger partial charge on any atom is -0.462 e. The van der Waals surface area contributed by atoms with Crippen molar-refractivity contribution in [3.63, 3.8) is 0 Å². The molecule has 0 aliphatic carbocycles. The lowest BCUT2D eigenvalue weighted by Crippen LogP contribution is -2.30. The largest absolute Gasteiger partial charge is 0.462 e. The lowest BCUT2D eigenvalue weighted by atomic mass is 10.00. The molecule has 0 N–H and O–H groups in total. The van der Waals surface area contributed by atoms with E-state index in [0.717, 1.165) is 63.7 Å². The first-order chi connectivity index (χ1) is 24.9. The molecule has 6 nitrogen and oxygen atoms in total. The number of unbranched alkanes of at least 4 members (excludes halogenated alkanes) is 26. The molecule has 51 heavy (non-hydrogen) atoms. The summed E-state index contributed by atoms with van der Waals surface area (Å²) < 4.78 is 16.7. The third-order valence-electron chi connectivity index (χ3n) is 10.4. The molecular weight excluding hydrogens is 636 g/mol. The summed E-state index contributed by atoms with van der Waals surface area (Å²) in [7, 11) is 0. The predicted molar refractivity (Wildman–Crippen MR) is 215 cm³/mol. The molecule has 2 atom stereocenters. The van der Waals surface area contributed by atoms with Gasteiger partial charge in [0, 0.05) is 19.3 Å². The number of esters is 3. The van der Waals surface area contributed by atoms with E-state index in [1.54, 1.807) is 0 Å². The van der Waals surface area contributed by atoms with Crippen molar-refractivity contribution in [2.45, 2.75) is 252 Å². The summed E-state index contributed by atoms with van der Waals surface area (Å²) in [5, 5.41) is 0. The molecular formula is C45H86O6. The van der Waals surface area contributed by atoms with Gasteiger partial charge in [-0.3, -0.25) is 14.4 Å². The van der Waals surface area contributed by atoms with Crippen LogP contribution in [-0.4, -0.2) is 37.2 Å². The normalized spacial score (nSPS) is 12.5. The highest BCUT2D eigenvalue weighted by molar-refractivity contribution is 5.71. The maximum atomic E-state index is 12.7. The number of carbonyl (C=O) groups is 3. The molecule has 302 valence electrons. The van der Waals surface area contributed by atoms with Crippen molar-refractivity contribution < 1.29 is 28.6 Å². The lowest BCUT2D eigenvalue weighted by Gasteiger charge is -2.18. The highest BCUT2D eigenvalue weighted by Gasteiger charge is 2.19. The summed E-state index contributed by atoms with van der Waals surface area (Å²) in [4.78, 5) is 37.6. The van der Waals surface area contributed by atoms with Crippen molar-refractivity contribution in [3.8, 4) is 0 Å². The Morgan fingerprint density at radius 2 is 0.686 bits per heavy atom. The van der Waals surface area contributed by atoms with Crippen LogP contribution in [0.2, 0.25) is 0 Å². The first-order valence-electron chi connectivity index (χ1n) is 22.4. The zero-order chi connectivity index (χ0) is 37.5. The van der Waals surface area contributed by atoms with Crippen LogP contribution >= 0.6 is 0 Å². The molecule has 0 fully saturated rings. The molecule has 0 aliphatic rings. The van der Waals surface area contributed by atoms with Gasteiger partial charge in [0.1, 0.15) is 13.2 Å². The predicted octanol–water partition coefficient (Wildman–Crippen LogP) is 13.9. The first-order valence-corrected chi connectivity index (χ1v) is 22.4. The monoisotopic (exact) mass is 723 g/mol. The lowest BCUT2D eigenvalue weighted by molar-refractivity contribution is -0.167. The Morgan fingerprint density at radius 1 is 0.392 bits per heavy atom. The van der Waals surface area contributed by atoms with Gasteiger partial charge in [-0.2, -0.15) is 0 Å². The molecule has 0 spiro atoms. The van der Waals surface area contributed by atoms with Crippen molar-refractivity contribution >= 4 is 17.9 Å². The molecule has 0 aliphatic heterocycles. The van der Waals surface area contributed by atoms with Gasteiger partial charge >= 0.3 is 17.9 Å². The zero-order valence-electron chi connectivity index (χ0n) is 34.6. The summed E-state index contributed by atoms with van der Waals surface area (Å²) in [6.07, 6.45) is 38.0. The van der Waals surface area contributed by atoms with Crippen LogP contribution in [0.1, 0.15) is 246 Å². The Kier molecular flexibility index (Phi) is 38.4. The molecule has 6 heteroatoms. The van der Waals surface area contributed by atoms with Crippen LogP contribution in [-0.2, 0) is 28.6 Å². The Balaban J connectivity index is 4.30. The van der Waals surface area contributed by atoms with Gasteiger partial charge in [-0.1, -0.05) is 207 Å². The molecule has 0 bridgehead atoms. The van der Waals surface area contributed by atoms with E-state index in [9.17, 15) is 14.4 Å². The van der Waals surface area contributed by atoms with Crippen LogP contribution in [0.4, 0.5) is 0 Å². The van der Waals surface area contributed by atoms with E-state index < -0.39 is 6.10 Å². The molecule has 0 aromatic heterocycles. The minimum absolute atomic E-state index is 0.0648. The molecule has 0 aromatic rings. The van der Waals surface area contributed by atoms with Gasteiger partial charge in [-0.05, 0) is 25.2 Å². The number of hydrogen-bond donors (Lipinski definition) is 0. The number of hydrogen-bond acceptors (Lipinski definition) is 6. The Labute approximate surface area is 317 Å². The molecule has 0 rings (SSSR count). The first kappa shape index (κ1) is 49.4. The third-order valence-corrected chi connectivity index (χ3v) is 10.4. The van der Waals surface area contributed by atoms with E-state index in [-0.39, 0.29) is 31.1 Å². The Bertz CT molecular complexity index is 768. The summed E-state index contributed by atoms with van der Waals surface area (Å²) >= 11 is 0. The van der Waals surface area contributed by atoms with Gasteiger partial charge in [0.2, 0.25) is 0 Å². The maximum absolute atomic E-state index is 12.7. The summed E-state index contributed by atoms with van der Waals surface area (Å²) in [5.41, 5.74) is 0. The molecule has 1 unspecified atom stereocenters. The van der Waals surface area contributed by atoms with Gasteiger partial charge in [-0.25, -0.2) is 0 Å². The quantitative estimate of drug-likeness (QED) is 0.0356. The molecule has 0 heterocycles. The summed E-state index contributed by atoms with van der Waals surface area (Å²) in [6, 6.07) is 0. The molecule has 0 saturated heterocycles. The number of rotatable bonds is 40. The van der Waals surface area contributed by atoms with Crippen molar-refractivity contribution in [3.05, 3.63) is 0 Å². The van der Waals surface area contributed by atoms with Crippen molar-refractivity contribution in [2.24, 2.45) is 5.92 Å². The molecule has 0 aromatic carbocycles.